The van der Waals surface area contributed by atoms with Crippen LogP contribution in [0, 0.1) is 5.92 Å². The predicted molar refractivity (Wildman–Crippen MR) is 127 cm³/mol. The van der Waals surface area contributed by atoms with Crippen molar-refractivity contribution in [1.82, 2.24) is 25.2 Å². The second kappa shape index (κ2) is 10.8. The standard InChI is InChI=1S/C21H20F3N7O4S2/c1-31-20(28-29-30-31)37-17-14(9-15(32)33)26-19(36-17)27-18(35)25-13-7-6-11(21(22,23)24)8-12(13)16(34)10-4-2-3-5-10/h6-8,10H,2-5,9H2,1H3,(H,32,33)(H2,25,26,27,35). The molecule has 196 valence electrons. The van der Waals surface area contributed by atoms with E-state index < -0.39 is 41.9 Å². The van der Waals surface area contributed by atoms with Gasteiger partial charge in [-0.2, -0.15) is 13.2 Å². The highest BCUT2D eigenvalue weighted by Crippen LogP contribution is 2.37. The minimum absolute atomic E-state index is 0.0435. The summed E-state index contributed by atoms with van der Waals surface area (Å²) < 4.78 is 41.7. The molecule has 4 rings (SSSR count). The molecule has 1 fully saturated rings. The molecule has 0 radical (unpaired) electrons. The summed E-state index contributed by atoms with van der Waals surface area (Å²) >= 11 is 2.04. The second-order valence-corrected chi connectivity index (χ2v) is 10.4. The van der Waals surface area contributed by atoms with Crippen molar-refractivity contribution < 1.29 is 32.7 Å². The number of Topliss-reactive ketones (excluding diaryl/α,β-unsaturated/α-hetero) is 1. The Bertz CT molecular complexity index is 1340. The normalized spacial score (nSPS) is 14.1. The van der Waals surface area contributed by atoms with E-state index in [4.69, 9.17) is 0 Å². The van der Waals surface area contributed by atoms with Crippen LogP contribution >= 0.6 is 23.1 Å². The maximum absolute atomic E-state index is 13.3. The number of thiazole rings is 1. The lowest BCUT2D eigenvalue weighted by atomic mass is 9.93. The van der Waals surface area contributed by atoms with E-state index in [-0.39, 0.29) is 22.1 Å². The molecule has 0 bridgehead atoms. The number of urea groups is 1. The lowest BCUT2D eigenvalue weighted by Gasteiger charge is -2.16. The highest BCUT2D eigenvalue weighted by molar-refractivity contribution is 8.01. The number of anilines is 2. The number of hydrogen-bond donors (Lipinski definition) is 3. The van der Waals surface area contributed by atoms with Gasteiger partial charge in [0.15, 0.2) is 10.9 Å². The fourth-order valence-corrected chi connectivity index (χ4v) is 5.79. The van der Waals surface area contributed by atoms with Gasteiger partial charge in [-0.05, 0) is 53.2 Å². The Morgan fingerprint density at radius 2 is 1.95 bits per heavy atom. The number of aryl methyl sites for hydroxylation is 1. The summed E-state index contributed by atoms with van der Waals surface area (Å²) in [6.07, 6.45) is -2.30. The molecule has 0 atom stereocenters. The largest absolute Gasteiger partial charge is 0.481 e. The van der Waals surface area contributed by atoms with Crippen LogP contribution in [0.3, 0.4) is 0 Å². The number of aromatic nitrogens is 5. The minimum Gasteiger partial charge on any atom is -0.481 e. The van der Waals surface area contributed by atoms with Gasteiger partial charge < -0.3 is 10.4 Å². The molecule has 11 nitrogen and oxygen atoms in total. The number of rotatable bonds is 8. The van der Waals surface area contributed by atoms with E-state index in [2.05, 4.69) is 31.1 Å². The SMILES string of the molecule is Cn1nnnc1Sc1sc(NC(=O)Nc2ccc(C(F)(F)F)cc2C(=O)C2CCCC2)nc1CC(=O)O. The number of aliphatic carboxylic acids is 1. The summed E-state index contributed by atoms with van der Waals surface area (Å²) in [4.78, 5) is 41.1. The molecule has 16 heteroatoms. The van der Waals surface area contributed by atoms with Crippen LogP contribution in [0.25, 0.3) is 0 Å². The first-order chi connectivity index (χ1) is 17.5. The number of alkyl halides is 3. The minimum atomic E-state index is -4.65. The van der Waals surface area contributed by atoms with E-state index in [1.54, 1.807) is 7.05 Å². The zero-order valence-corrected chi connectivity index (χ0v) is 20.8. The van der Waals surface area contributed by atoms with Crippen LogP contribution in [-0.4, -0.2) is 48.1 Å². The number of nitrogens with zero attached hydrogens (tertiary/aromatic N) is 5. The van der Waals surface area contributed by atoms with E-state index in [1.807, 2.05) is 0 Å². The van der Waals surface area contributed by atoms with Gasteiger partial charge in [-0.1, -0.05) is 24.2 Å². The molecule has 2 aromatic heterocycles. The number of amides is 2. The Hall–Kier alpha value is -3.53. The van der Waals surface area contributed by atoms with Gasteiger partial charge >= 0.3 is 18.2 Å². The van der Waals surface area contributed by atoms with Crippen molar-refractivity contribution in [1.29, 1.82) is 0 Å². The first-order valence-electron chi connectivity index (χ1n) is 11.0. The molecule has 37 heavy (non-hydrogen) atoms. The summed E-state index contributed by atoms with van der Waals surface area (Å²) in [7, 11) is 1.60. The van der Waals surface area contributed by atoms with E-state index in [0.717, 1.165) is 54.1 Å². The number of tetrazole rings is 1. The Morgan fingerprint density at radius 1 is 1.22 bits per heavy atom. The molecular weight excluding hydrogens is 535 g/mol. The number of carboxylic acids is 1. The first kappa shape index (κ1) is 26.5. The van der Waals surface area contributed by atoms with Crippen molar-refractivity contribution in [2.75, 3.05) is 10.6 Å². The number of ketones is 1. The summed E-state index contributed by atoms with van der Waals surface area (Å²) in [6.45, 7) is 0. The molecule has 2 heterocycles. The van der Waals surface area contributed by atoms with Gasteiger partial charge in [0.25, 0.3) is 0 Å². The zero-order valence-electron chi connectivity index (χ0n) is 19.2. The van der Waals surface area contributed by atoms with Gasteiger partial charge in [-0.25, -0.2) is 14.5 Å². The molecule has 2 amide bonds. The maximum atomic E-state index is 13.3. The quantitative estimate of drug-likeness (QED) is 0.342. The van der Waals surface area contributed by atoms with Gasteiger partial charge in [0, 0.05) is 18.5 Å². The second-order valence-electron chi connectivity index (χ2n) is 8.19. The maximum Gasteiger partial charge on any atom is 0.416 e. The Balaban J connectivity index is 1.56. The van der Waals surface area contributed by atoms with Crippen LogP contribution in [-0.2, 0) is 24.4 Å². The smallest absolute Gasteiger partial charge is 0.416 e. The van der Waals surface area contributed by atoms with Crippen LogP contribution in [0.15, 0.2) is 27.6 Å². The lowest BCUT2D eigenvalue weighted by molar-refractivity contribution is -0.138. The molecule has 3 aromatic rings. The number of carboxylic acid groups (broad SMARTS) is 1. The molecule has 0 spiro atoms. The van der Waals surface area contributed by atoms with Crippen molar-refractivity contribution in [3.05, 3.63) is 35.0 Å². The van der Waals surface area contributed by atoms with Gasteiger partial charge in [0.2, 0.25) is 5.16 Å². The van der Waals surface area contributed by atoms with Crippen molar-refractivity contribution in [3.8, 4) is 0 Å². The van der Waals surface area contributed by atoms with Crippen molar-refractivity contribution >= 4 is 51.7 Å². The Labute approximate surface area is 215 Å². The first-order valence-corrected chi connectivity index (χ1v) is 12.6. The molecule has 1 aromatic carbocycles. The van der Waals surface area contributed by atoms with E-state index in [0.29, 0.717) is 22.2 Å². The highest BCUT2D eigenvalue weighted by Gasteiger charge is 2.33. The van der Waals surface area contributed by atoms with Gasteiger partial charge in [-0.15, -0.1) is 5.10 Å². The number of benzene rings is 1. The zero-order chi connectivity index (χ0) is 26.7. The summed E-state index contributed by atoms with van der Waals surface area (Å²) in [6, 6.07) is 1.74. The van der Waals surface area contributed by atoms with Crippen LogP contribution < -0.4 is 10.6 Å². The number of nitrogens with one attached hydrogen (secondary N) is 2. The molecule has 0 saturated heterocycles. The average Bonchev–Trinajstić information content (AvgIpc) is 3.56. The summed E-state index contributed by atoms with van der Waals surface area (Å²) in [5, 5.41) is 25.6. The number of carbonyl (C=O) groups is 3. The van der Waals surface area contributed by atoms with Crippen LogP contribution in [0.2, 0.25) is 0 Å². The molecule has 0 aliphatic heterocycles. The molecular formula is C21H20F3N7O4S2. The van der Waals surface area contributed by atoms with Gasteiger partial charge in [0.05, 0.1) is 27.6 Å². The molecule has 1 saturated carbocycles. The average molecular weight is 556 g/mol. The van der Waals surface area contributed by atoms with Crippen LogP contribution in [0.4, 0.5) is 28.8 Å². The van der Waals surface area contributed by atoms with Gasteiger partial charge in [-0.3, -0.25) is 14.9 Å². The van der Waals surface area contributed by atoms with Crippen molar-refractivity contribution in [2.45, 2.75) is 47.6 Å². The van der Waals surface area contributed by atoms with Crippen LogP contribution in [0.1, 0.15) is 47.3 Å². The molecule has 3 N–H and O–H groups in total. The highest BCUT2D eigenvalue weighted by atomic mass is 32.2. The topological polar surface area (TPSA) is 152 Å². The van der Waals surface area contributed by atoms with Crippen molar-refractivity contribution in [3.63, 3.8) is 0 Å². The summed E-state index contributed by atoms with van der Waals surface area (Å²) in [5.41, 5.74) is -1.09. The lowest BCUT2D eigenvalue weighted by Crippen LogP contribution is -2.23. The third kappa shape index (κ3) is 6.43. The third-order valence-electron chi connectivity index (χ3n) is 5.55. The number of hydrogen-bond acceptors (Lipinski definition) is 9. The fourth-order valence-electron chi connectivity index (χ4n) is 3.81. The Kier molecular flexibility index (Phi) is 7.77. The van der Waals surface area contributed by atoms with E-state index >= 15 is 0 Å². The monoisotopic (exact) mass is 555 g/mol. The van der Waals surface area contributed by atoms with Gasteiger partial charge in [0.1, 0.15) is 0 Å². The third-order valence-corrected chi connectivity index (χ3v) is 7.81. The predicted octanol–water partition coefficient (Wildman–Crippen LogP) is 4.48. The summed E-state index contributed by atoms with van der Waals surface area (Å²) in [5.74, 6) is -1.99. The van der Waals surface area contributed by atoms with E-state index in [1.165, 1.54) is 4.68 Å². The fraction of sp³-hybridized carbons (Fsp3) is 0.381. The Morgan fingerprint density at radius 3 is 2.57 bits per heavy atom. The number of carbonyl (C=O) groups excluding carboxylic acids is 2. The molecule has 1 aliphatic rings. The van der Waals surface area contributed by atoms with Crippen LogP contribution in [0.5, 0.6) is 0 Å². The molecule has 1 aliphatic carbocycles. The van der Waals surface area contributed by atoms with Crippen molar-refractivity contribution in [2.24, 2.45) is 13.0 Å². The van der Waals surface area contributed by atoms with E-state index in [9.17, 15) is 32.7 Å². The number of halogens is 3. The molecule has 0 unspecified atom stereocenters.